The van der Waals surface area contributed by atoms with Crippen molar-refractivity contribution in [3.8, 4) is 0 Å². The zero-order chi connectivity index (χ0) is 16.0. The molecule has 2 aliphatic carbocycles. The highest BCUT2D eigenvalue weighted by molar-refractivity contribution is 7.10. The number of rotatable bonds is 6. The fourth-order valence-electron chi connectivity index (χ4n) is 2.96. The summed E-state index contributed by atoms with van der Waals surface area (Å²) in [6.07, 6.45) is 5.82. The van der Waals surface area contributed by atoms with Gasteiger partial charge in [0.05, 0.1) is 16.9 Å². The fourth-order valence-corrected chi connectivity index (χ4v) is 4.03. The van der Waals surface area contributed by atoms with Crippen molar-refractivity contribution in [1.29, 1.82) is 0 Å². The second-order valence-electron chi connectivity index (χ2n) is 6.79. The van der Waals surface area contributed by atoms with Gasteiger partial charge in [0.15, 0.2) is 0 Å². The van der Waals surface area contributed by atoms with Crippen LogP contribution < -0.4 is 10.6 Å². The van der Waals surface area contributed by atoms with Crippen LogP contribution in [0.5, 0.6) is 0 Å². The molecule has 2 unspecified atom stereocenters. The van der Waals surface area contributed by atoms with E-state index in [1.807, 2.05) is 25.5 Å². The third-order valence-electron chi connectivity index (χ3n) is 4.67. The van der Waals surface area contributed by atoms with E-state index in [4.69, 9.17) is 0 Å². The topological polar surface area (TPSA) is 59.0 Å². The largest absolute Gasteiger partial charge is 0.319 e. The van der Waals surface area contributed by atoms with Crippen LogP contribution in [0, 0.1) is 12.8 Å². The first-order valence-electron chi connectivity index (χ1n) is 8.23. The summed E-state index contributed by atoms with van der Waals surface area (Å²) < 4.78 is 1.71. The van der Waals surface area contributed by atoms with Crippen LogP contribution >= 0.6 is 11.3 Å². The Kier molecular flexibility index (Phi) is 3.73. The standard InChI is InChI=1S/C17H22N4OS/c1-10-15(8-21(2)20-10)19-17(22)12-5-16(23-9-12)13-6-14(13)18-7-11-3-4-11/h5,8-9,11,13-14,18H,3-4,6-7H2,1-2H3,(H,19,22). The van der Waals surface area contributed by atoms with E-state index in [0.717, 1.165) is 22.9 Å². The van der Waals surface area contributed by atoms with Crippen molar-refractivity contribution in [2.24, 2.45) is 13.0 Å². The highest BCUT2D eigenvalue weighted by Crippen LogP contribution is 2.44. The average Bonchev–Trinajstić information content (AvgIpc) is 3.40. The maximum absolute atomic E-state index is 12.4. The molecule has 0 aromatic carbocycles. The highest BCUT2D eigenvalue weighted by Gasteiger charge is 2.40. The Hall–Kier alpha value is -1.66. The lowest BCUT2D eigenvalue weighted by Gasteiger charge is -2.01. The van der Waals surface area contributed by atoms with E-state index in [1.165, 1.54) is 30.7 Å². The Morgan fingerprint density at radius 1 is 1.48 bits per heavy atom. The van der Waals surface area contributed by atoms with Gasteiger partial charge in [-0.25, -0.2) is 0 Å². The Morgan fingerprint density at radius 3 is 3.00 bits per heavy atom. The van der Waals surface area contributed by atoms with E-state index < -0.39 is 0 Å². The second kappa shape index (κ2) is 5.76. The number of hydrogen-bond donors (Lipinski definition) is 2. The first-order valence-corrected chi connectivity index (χ1v) is 9.11. The molecule has 0 bridgehead atoms. The molecule has 0 saturated heterocycles. The number of nitrogens with zero attached hydrogens (tertiary/aromatic N) is 2. The summed E-state index contributed by atoms with van der Waals surface area (Å²) in [5.41, 5.74) is 2.37. The minimum Gasteiger partial charge on any atom is -0.319 e. The number of aryl methyl sites for hydroxylation is 2. The summed E-state index contributed by atoms with van der Waals surface area (Å²) >= 11 is 1.70. The minimum atomic E-state index is -0.0493. The molecule has 2 fully saturated rings. The van der Waals surface area contributed by atoms with Gasteiger partial charge in [-0.05, 0) is 44.7 Å². The quantitative estimate of drug-likeness (QED) is 0.856. The Balaban J connectivity index is 1.36. The first kappa shape index (κ1) is 14.9. The summed E-state index contributed by atoms with van der Waals surface area (Å²) in [5.74, 6) is 1.47. The number of anilines is 1. The highest BCUT2D eigenvalue weighted by atomic mass is 32.1. The summed E-state index contributed by atoms with van der Waals surface area (Å²) in [7, 11) is 1.85. The van der Waals surface area contributed by atoms with E-state index in [9.17, 15) is 4.79 Å². The Morgan fingerprint density at radius 2 is 2.30 bits per heavy atom. The van der Waals surface area contributed by atoms with Crippen molar-refractivity contribution in [1.82, 2.24) is 15.1 Å². The van der Waals surface area contributed by atoms with Gasteiger partial charge in [0.25, 0.3) is 5.91 Å². The van der Waals surface area contributed by atoms with Gasteiger partial charge in [0, 0.05) is 35.5 Å². The summed E-state index contributed by atoms with van der Waals surface area (Å²) in [4.78, 5) is 13.7. The molecule has 122 valence electrons. The SMILES string of the molecule is Cc1nn(C)cc1NC(=O)c1csc(C2CC2NCC2CC2)c1. The molecular weight excluding hydrogens is 308 g/mol. The number of aromatic nitrogens is 2. The van der Waals surface area contributed by atoms with Gasteiger partial charge in [-0.2, -0.15) is 5.10 Å². The molecule has 23 heavy (non-hydrogen) atoms. The lowest BCUT2D eigenvalue weighted by atomic mass is 10.2. The molecule has 2 aromatic heterocycles. The third kappa shape index (κ3) is 3.33. The van der Waals surface area contributed by atoms with Crippen LogP contribution in [0.2, 0.25) is 0 Å². The van der Waals surface area contributed by atoms with E-state index in [1.54, 1.807) is 16.0 Å². The molecule has 2 N–H and O–H groups in total. The lowest BCUT2D eigenvalue weighted by molar-refractivity contribution is 0.102. The predicted octanol–water partition coefficient (Wildman–Crippen LogP) is 2.90. The monoisotopic (exact) mass is 330 g/mol. The van der Waals surface area contributed by atoms with Crippen molar-refractivity contribution in [3.63, 3.8) is 0 Å². The maximum Gasteiger partial charge on any atom is 0.256 e. The van der Waals surface area contributed by atoms with Gasteiger partial charge in [0.1, 0.15) is 0 Å². The molecule has 6 heteroatoms. The molecule has 2 aromatic rings. The smallest absolute Gasteiger partial charge is 0.256 e. The Bertz CT molecular complexity index is 731. The molecule has 2 saturated carbocycles. The molecule has 5 nitrogen and oxygen atoms in total. The van der Waals surface area contributed by atoms with E-state index >= 15 is 0 Å². The molecule has 0 aliphatic heterocycles. The molecule has 0 radical (unpaired) electrons. The van der Waals surface area contributed by atoms with Crippen LogP contribution in [-0.2, 0) is 7.05 Å². The number of thiophene rings is 1. The fraction of sp³-hybridized carbons (Fsp3) is 0.529. The van der Waals surface area contributed by atoms with Crippen LogP contribution in [-0.4, -0.2) is 28.3 Å². The maximum atomic E-state index is 12.4. The van der Waals surface area contributed by atoms with E-state index in [2.05, 4.69) is 21.8 Å². The van der Waals surface area contributed by atoms with Crippen molar-refractivity contribution in [2.45, 2.75) is 38.1 Å². The number of amides is 1. The third-order valence-corrected chi connectivity index (χ3v) is 5.73. The molecule has 2 atom stereocenters. The van der Waals surface area contributed by atoms with Crippen molar-refractivity contribution < 1.29 is 4.79 Å². The van der Waals surface area contributed by atoms with Gasteiger partial charge in [-0.3, -0.25) is 9.48 Å². The average molecular weight is 330 g/mol. The zero-order valence-corrected chi connectivity index (χ0v) is 14.3. The normalized spacial score (nSPS) is 23.0. The minimum absolute atomic E-state index is 0.0493. The van der Waals surface area contributed by atoms with Crippen LogP contribution in [0.4, 0.5) is 5.69 Å². The van der Waals surface area contributed by atoms with Gasteiger partial charge >= 0.3 is 0 Å². The van der Waals surface area contributed by atoms with Gasteiger partial charge in [0.2, 0.25) is 0 Å². The van der Waals surface area contributed by atoms with Gasteiger partial charge in [-0.1, -0.05) is 0 Å². The van der Waals surface area contributed by atoms with E-state index in [0.29, 0.717) is 12.0 Å². The Labute approximate surface area is 140 Å². The molecule has 4 rings (SSSR count). The van der Waals surface area contributed by atoms with Crippen LogP contribution in [0.15, 0.2) is 17.6 Å². The van der Waals surface area contributed by atoms with Crippen LogP contribution in [0.3, 0.4) is 0 Å². The van der Waals surface area contributed by atoms with Gasteiger partial charge in [-0.15, -0.1) is 11.3 Å². The molecule has 0 spiro atoms. The van der Waals surface area contributed by atoms with E-state index in [-0.39, 0.29) is 5.91 Å². The summed E-state index contributed by atoms with van der Waals surface area (Å²) in [5, 5.41) is 12.8. The van der Waals surface area contributed by atoms with Gasteiger partial charge < -0.3 is 10.6 Å². The lowest BCUT2D eigenvalue weighted by Crippen LogP contribution is -2.20. The van der Waals surface area contributed by atoms with Crippen LogP contribution in [0.1, 0.15) is 46.1 Å². The molecule has 2 heterocycles. The summed E-state index contributed by atoms with van der Waals surface area (Å²) in [6, 6.07) is 2.67. The first-order chi connectivity index (χ1) is 11.1. The number of carbonyl (C=O) groups is 1. The molecular formula is C17H22N4OS. The van der Waals surface area contributed by atoms with Crippen molar-refractivity contribution in [3.05, 3.63) is 33.8 Å². The zero-order valence-electron chi connectivity index (χ0n) is 13.5. The molecule has 1 amide bonds. The van der Waals surface area contributed by atoms with Crippen molar-refractivity contribution >= 4 is 22.9 Å². The number of hydrogen-bond acceptors (Lipinski definition) is 4. The second-order valence-corrected chi connectivity index (χ2v) is 7.74. The van der Waals surface area contributed by atoms with Crippen LogP contribution in [0.25, 0.3) is 0 Å². The number of carbonyl (C=O) groups excluding carboxylic acids is 1. The predicted molar refractivity (Wildman–Crippen MR) is 92.1 cm³/mol. The summed E-state index contributed by atoms with van der Waals surface area (Å²) in [6.45, 7) is 3.06. The van der Waals surface area contributed by atoms with Crippen molar-refractivity contribution in [2.75, 3.05) is 11.9 Å². The number of nitrogens with one attached hydrogen (secondary N) is 2. The molecule has 2 aliphatic rings.